The fourth-order valence-corrected chi connectivity index (χ4v) is 0.688. The van der Waals surface area contributed by atoms with Crippen molar-refractivity contribution in [2.24, 2.45) is 0 Å². The van der Waals surface area contributed by atoms with E-state index in [-0.39, 0.29) is 11.5 Å². The minimum Gasteiger partial charge on any atom is -0.419 e. The molecule has 0 saturated carbocycles. The molecule has 0 atom stereocenters. The molecule has 16 heavy (non-hydrogen) atoms. The summed E-state index contributed by atoms with van der Waals surface area (Å²) in [6.45, 7) is 8.69. The molecule has 0 aliphatic heterocycles. The van der Waals surface area contributed by atoms with Crippen molar-refractivity contribution in [2.75, 3.05) is 0 Å². The smallest absolute Gasteiger partial charge is 0.408 e. The molecule has 6 heteroatoms. The van der Waals surface area contributed by atoms with E-state index in [0.717, 1.165) is 12.2 Å². The van der Waals surface area contributed by atoms with E-state index in [1.807, 2.05) is 13.8 Å². The molecule has 0 aromatic heterocycles. The molecule has 0 radical (unpaired) electrons. The summed E-state index contributed by atoms with van der Waals surface area (Å²) in [6.07, 6.45) is 3.48. The number of halogens is 1. The predicted molar refractivity (Wildman–Crippen MR) is 62.7 cm³/mol. The average molecular weight is 248 g/mol. The van der Waals surface area contributed by atoms with Crippen LogP contribution < -0.4 is 0 Å². The van der Waals surface area contributed by atoms with E-state index in [0.29, 0.717) is 0 Å². The van der Waals surface area contributed by atoms with E-state index in [1.165, 1.54) is 13.0 Å². The van der Waals surface area contributed by atoms with Gasteiger partial charge >= 0.3 is 5.43 Å². The summed E-state index contributed by atoms with van der Waals surface area (Å²) in [5, 5.41) is 10.3. The molecule has 0 bridgehead atoms. The maximum atomic E-state index is 10.3. The molecular weight excluding hydrogens is 234 g/mol. The summed E-state index contributed by atoms with van der Waals surface area (Å²) in [6, 6.07) is 0. The highest BCUT2D eigenvalue weighted by molar-refractivity contribution is 6.61. The predicted octanol–water partition coefficient (Wildman–Crippen LogP) is 3.64. The molecule has 0 fully saturated rings. The minimum absolute atomic E-state index is 0.159. The normalized spacial score (nSPS) is 11.0. The standard InChI is InChI=1S/C8H8ClNO4.C2H6/c1-3-7(10(12)13)5-4-6(2)14-8(9)11;1-2/h3-5H,1H2,2H3;1-2H3/b6-4+,7-5+;. The van der Waals surface area contributed by atoms with Gasteiger partial charge in [-0.05, 0) is 13.0 Å². The molecule has 0 N–H and O–H groups in total. The first-order valence-electron chi connectivity index (χ1n) is 4.50. The summed E-state index contributed by atoms with van der Waals surface area (Å²) in [5.74, 6) is 0.159. The Balaban J connectivity index is 0. The zero-order chi connectivity index (χ0) is 13.1. The Hall–Kier alpha value is -1.62. The number of carbonyl (C=O) groups excluding carboxylic acids is 1. The van der Waals surface area contributed by atoms with E-state index in [4.69, 9.17) is 11.6 Å². The Morgan fingerprint density at radius 3 is 2.25 bits per heavy atom. The van der Waals surface area contributed by atoms with Gasteiger partial charge in [-0.2, -0.15) is 0 Å². The van der Waals surface area contributed by atoms with E-state index >= 15 is 0 Å². The van der Waals surface area contributed by atoms with Crippen molar-refractivity contribution in [3.05, 3.63) is 46.4 Å². The number of hydrogen-bond acceptors (Lipinski definition) is 4. The molecule has 0 spiro atoms. The van der Waals surface area contributed by atoms with Gasteiger partial charge in [-0.15, -0.1) is 0 Å². The highest BCUT2D eigenvalue weighted by Crippen LogP contribution is 2.03. The molecule has 0 saturated heterocycles. The summed E-state index contributed by atoms with van der Waals surface area (Å²) < 4.78 is 4.41. The van der Waals surface area contributed by atoms with Crippen molar-refractivity contribution in [2.45, 2.75) is 20.8 Å². The molecule has 0 aromatic rings. The van der Waals surface area contributed by atoms with Crippen molar-refractivity contribution in [1.82, 2.24) is 0 Å². The highest BCUT2D eigenvalue weighted by Gasteiger charge is 2.03. The van der Waals surface area contributed by atoms with Gasteiger partial charge in [0.15, 0.2) is 0 Å². The van der Waals surface area contributed by atoms with Gasteiger partial charge in [0, 0.05) is 23.8 Å². The van der Waals surface area contributed by atoms with Crippen LogP contribution >= 0.6 is 11.6 Å². The Kier molecular flexibility index (Phi) is 10.4. The third-order valence-corrected chi connectivity index (χ3v) is 1.23. The Morgan fingerprint density at radius 2 is 1.94 bits per heavy atom. The molecule has 90 valence electrons. The number of nitro groups is 1. The van der Waals surface area contributed by atoms with Crippen LogP contribution in [0.2, 0.25) is 0 Å². The lowest BCUT2D eigenvalue weighted by molar-refractivity contribution is -0.418. The monoisotopic (exact) mass is 247 g/mol. The largest absolute Gasteiger partial charge is 0.419 e. The third kappa shape index (κ3) is 8.96. The van der Waals surface area contributed by atoms with Gasteiger partial charge < -0.3 is 4.74 Å². The van der Waals surface area contributed by atoms with Crippen molar-refractivity contribution < 1.29 is 14.5 Å². The second-order valence-corrected chi connectivity index (χ2v) is 2.48. The van der Waals surface area contributed by atoms with Crippen LogP contribution in [-0.4, -0.2) is 10.4 Å². The van der Waals surface area contributed by atoms with Gasteiger partial charge in [-0.25, -0.2) is 4.79 Å². The first-order chi connectivity index (χ1) is 7.47. The zero-order valence-corrected chi connectivity index (χ0v) is 10.2. The number of nitrogens with zero attached hydrogens (tertiary/aromatic N) is 1. The second kappa shape index (κ2) is 9.92. The van der Waals surface area contributed by atoms with Gasteiger partial charge in [0.25, 0.3) is 5.70 Å². The zero-order valence-electron chi connectivity index (χ0n) is 9.40. The lowest BCUT2D eigenvalue weighted by Crippen LogP contribution is -1.95. The Labute approximate surface area is 99.2 Å². The molecular formula is C10H14ClNO4. The molecule has 0 aliphatic rings. The molecule has 0 amide bonds. The molecule has 0 heterocycles. The van der Waals surface area contributed by atoms with E-state index < -0.39 is 10.4 Å². The molecule has 0 aliphatic carbocycles. The van der Waals surface area contributed by atoms with Gasteiger partial charge in [0.05, 0.1) is 4.92 Å². The number of hydrogen-bond donors (Lipinski definition) is 0. The number of allylic oxidation sites excluding steroid dienone is 4. The van der Waals surface area contributed by atoms with E-state index in [9.17, 15) is 14.9 Å². The number of rotatable bonds is 4. The van der Waals surface area contributed by atoms with E-state index in [2.05, 4.69) is 11.3 Å². The fraction of sp³-hybridized carbons (Fsp3) is 0.300. The first-order valence-corrected chi connectivity index (χ1v) is 4.88. The molecule has 5 nitrogen and oxygen atoms in total. The van der Waals surface area contributed by atoms with Crippen LogP contribution in [0.3, 0.4) is 0 Å². The molecule has 0 rings (SSSR count). The van der Waals surface area contributed by atoms with Gasteiger partial charge in [-0.3, -0.25) is 10.1 Å². The number of carbonyl (C=O) groups is 1. The maximum absolute atomic E-state index is 10.3. The second-order valence-electron chi connectivity index (χ2n) is 2.17. The van der Waals surface area contributed by atoms with Crippen molar-refractivity contribution in [1.29, 1.82) is 0 Å². The lowest BCUT2D eigenvalue weighted by Gasteiger charge is -1.95. The fourth-order valence-electron chi connectivity index (χ4n) is 0.567. The van der Waals surface area contributed by atoms with Crippen molar-refractivity contribution in [3.8, 4) is 0 Å². The third-order valence-electron chi connectivity index (χ3n) is 1.15. The summed E-state index contributed by atoms with van der Waals surface area (Å²) in [7, 11) is 0. The quantitative estimate of drug-likeness (QED) is 0.250. The van der Waals surface area contributed by atoms with Crippen LogP contribution in [0.1, 0.15) is 20.8 Å². The van der Waals surface area contributed by atoms with Crippen LogP contribution in [0, 0.1) is 10.1 Å². The number of ether oxygens (including phenoxy) is 1. The molecule has 0 unspecified atom stereocenters. The van der Waals surface area contributed by atoms with Gasteiger partial charge in [0.2, 0.25) is 0 Å². The van der Waals surface area contributed by atoms with Crippen molar-refractivity contribution in [3.63, 3.8) is 0 Å². The minimum atomic E-state index is -0.992. The lowest BCUT2D eigenvalue weighted by atomic mass is 10.3. The van der Waals surface area contributed by atoms with Gasteiger partial charge in [-0.1, -0.05) is 20.4 Å². The Morgan fingerprint density at radius 1 is 1.44 bits per heavy atom. The topological polar surface area (TPSA) is 69.4 Å². The van der Waals surface area contributed by atoms with Crippen LogP contribution in [-0.2, 0) is 4.74 Å². The average Bonchev–Trinajstić information content (AvgIpc) is 2.20. The highest BCUT2D eigenvalue weighted by atomic mass is 35.5. The maximum Gasteiger partial charge on any atom is 0.408 e. The SMILES string of the molecule is C=C/C(=C\C=C(/C)OC(=O)Cl)[N+](=O)[O-].CC. The summed E-state index contributed by atoms with van der Waals surface area (Å²) in [5.41, 5.74) is -1.19. The first kappa shape index (κ1) is 16.8. The van der Waals surface area contributed by atoms with Crippen LogP contribution in [0.4, 0.5) is 4.79 Å². The van der Waals surface area contributed by atoms with Gasteiger partial charge in [0.1, 0.15) is 5.76 Å². The summed E-state index contributed by atoms with van der Waals surface area (Å²) in [4.78, 5) is 19.9. The van der Waals surface area contributed by atoms with Crippen LogP contribution in [0.15, 0.2) is 36.3 Å². The Bertz CT molecular complexity index is 321. The van der Waals surface area contributed by atoms with Crippen molar-refractivity contribution >= 4 is 17.0 Å². The summed E-state index contributed by atoms with van der Waals surface area (Å²) >= 11 is 4.91. The van der Waals surface area contributed by atoms with E-state index in [1.54, 1.807) is 0 Å². The van der Waals surface area contributed by atoms with Crippen LogP contribution in [0.5, 0.6) is 0 Å². The van der Waals surface area contributed by atoms with Crippen LogP contribution in [0.25, 0.3) is 0 Å². The molecule has 0 aromatic carbocycles.